The van der Waals surface area contributed by atoms with Crippen molar-refractivity contribution in [1.29, 1.82) is 0 Å². The lowest BCUT2D eigenvalue weighted by molar-refractivity contribution is -0.121. The minimum atomic E-state index is 0.00568. The molecule has 1 aromatic carbocycles. The van der Waals surface area contributed by atoms with E-state index < -0.39 is 0 Å². The number of benzene rings is 1. The molecule has 0 atom stereocenters. The Kier molecular flexibility index (Phi) is 4.98. The maximum Gasteiger partial charge on any atom is 0.220 e. The van der Waals surface area contributed by atoms with Crippen LogP contribution in [0.4, 0.5) is 0 Å². The molecule has 21 heavy (non-hydrogen) atoms. The Morgan fingerprint density at radius 1 is 1.43 bits per heavy atom. The van der Waals surface area contributed by atoms with Gasteiger partial charge in [0, 0.05) is 24.4 Å². The summed E-state index contributed by atoms with van der Waals surface area (Å²) in [5.74, 6) is 2.01. The summed E-state index contributed by atoms with van der Waals surface area (Å²) < 4.78 is 10.9. The summed E-state index contributed by atoms with van der Waals surface area (Å²) in [4.78, 5) is 15.8. The quantitative estimate of drug-likeness (QED) is 0.887. The van der Waals surface area contributed by atoms with Crippen molar-refractivity contribution in [2.24, 2.45) is 0 Å². The van der Waals surface area contributed by atoms with Crippen LogP contribution in [0, 0.1) is 0 Å². The van der Waals surface area contributed by atoms with Crippen LogP contribution in [-0.4, -0.2) is 24.0 Å². The first-order valence-corrected chi connectivity index (χ1v) is 6.97. The van der Waals surface area contributed by atoms with Crippen LogP contribution in [0.5, 0.6) is 5.75 Å². The van der Waals surface area contributed by atoms with Gasteiger partial charge in [-0.25, -0.2) is 4.98 Å². The van der Waals surface area contributed by atoms with E-state index in [1.807, 2.05) is 38.1 Å². The zero-order valence-electron chi connectivity index (χ0n) is 12.6. The van der Waals surface area contributed by atoms with Crippen molar-refractivity contribution in [3.8, 4) is 17.1 Å². The van der Waals surface area contributed by atoms with E-state index in [1.54, 1.807) is 13.3 Å². The Labute approximate surface area is 124 Å². The molecule has 0 spiro atoms. The van der Waals surface area contributed by atoms with Gasteiger partial charge in [-0.1, -0.05) is 12.1 Å². The zero-order valence-corrected chi connectivity index (χ0v) is 12.6. The standard InChI is InChI=1S/C16H20N2O3/c1-11(2)18-15(19)7-8-16-17-10-14(21-16)12-5-4-6-13(9-12)20-3/h4-6,9-11H,7-8H2,1-3H3,(H,18,19). The number of carbonyl (C=O) groups excluding carboxylic acids is 1. The molecule has 0 aliphatic carbocycles. The third kappa shape index (κ3) is 4.34. The summed E-state index contributed by atoms with van der Waals surface area (Å²) in [6.07, 6.45) is 2.53. The largest absolute Gasteiger partial charge is 0.497 e. The molecule has 1 N–H and O–H groups in total. The molecule has 1 aromatic heterocycles. The molecule has 112 valence electrons. The van der Waals surface area contributed by atoms with Crippen molar-refractivity contribution < 1.29 is 13.9 Å². The van der Waals surface area contributed by atoms with Gasteiger partial charge in [-0.2, -0.15) is 0 Å². The highest BCUT2D eigenvalue weighted by Gasteiger charge is 2.10. The topological polar surface area (TPSA) is 64.4 Å². The second kappa shape index (κ2) is 6.92. The molecule has 0 saturated carbocycles. The van der Waals surface area contributed by atoms with Gasteiger partial charge in [0.15, 0.2) is 11.7 Å². The summed E-state index contributed by atoms with van der Waals surface area (Å²) >= 11 is 0. The number of hydrogen-bond acceptors (Lipinski definition) is 4. The number of carbonyl (C=O) groups is 1. The molecule has 1 amide bonds. The Morgan fingerprint density at radius 2 is 2.24 bits per heavy atom. The summed E-state index contributed by atoms with van der Waals surface area (Å²) in [6, 6.07) is 7.73. The Bertz CT molecular complexity index is 605. The van der Waals surface area contributed by atoms with Crippen LogP contribution in [0.15, 0.2) is 34.9 Å². The number of ether oxygens (including phenoxy) is 1. The van der Waals surface area contributed by atoms with Gasteiger partial charge in [-0.05, 0) is 26.0 Å². The maximum atomic E-state index is 11.6. The predicted molar refractivity (Wildman–Crippen MR) is 80.1 cm³/mol. The summed E-state index contributed by atoms with van der Waals surface area (Å²) in [5, 5.41) is 2.84. The van der Waals surface area contributed by atoms with Crippen molar-refractivity contribution in [2.45, 2.75) is 32.7 Å². The highest BCUT2D eigenvalue weighted by Crippen LogP contribution is 2.24. The SMILES string of the molecule is COc1cccc(-c2cnc(CCC(=O)NC(C)C)o2)c1. The molecule has 0 aliphatic rings. The molecule has 0 bridgehead atoms. The van der Waals surface area contributed by atoms with Gasteiger partial charge in [0.1, 0.15) is 5.75 Å². The van der Waals surface area contributed by atoms with E-state index in [1.165, 1.54) is 0 Å². The minimum Gasteiger partial charge on any atom is -0.497 e. The summed E-state index contributed by atoms with van der Waals surface area (Å²) in [5.41, 5.74) is 0.903. The molecular formula is C16H20N2O3. The second-order valence-electron chi connectivity index (χ2n) is 5.07. The molecule has 5 heteroatoms. The molecule has 1 heterocycles. The highest BCUT2D eigenvalue weighted by atomic mass is 16.5. The fourth-order valence-electron chi connectivity index (χ4n) is 1.95. The maximum absolute atomic E-state index is 11.6. The molecule has 5 nitrogen and oxygen atoms in total. The Balaban J connectivity index is 1.99. The molecular weight excluding hydrogens is 268 g/mol. The number of nitrogens with zero attached hydrogens (tertiary/aromatic N) is 1. The van der Waals surface area contributed by atoms with E-state index in [0.717, 1.165) is 11.3 Å². The average Bonchev–Trinajstić information content (AvgIpc) is 2.93. The molecule has 0 aliphatic heterocycles. The number of rotatable bonds is 6. The van der Waals surface area contributed by atoms with Gasteiger partial charge >= 0.3 is 0 Å². The fraction of sp³-hybridized carbons (Fsp3) is 0.375. The summed E-state index contributed by atoms with van der Waals surface area (Å²) in [7, 11) is 1.62. The zero-order chi connectivity index (χ0) is 15.2. The molecule has 0 saturated heterocycles. The van der Waals surface area contributed by atoms with Gasteiger partial charge < -0.3 is 14.5 Å². The van der Waals surface area contributed by atoms with E-state index >= 15 is 0 Å². The number of methoxy groups -OCH3 is 1. The van der Waals surface area contributed by atoms with Crippen molar-refractivity contribution in [2.75, 3.05) is 7.11 Å². The molecule has 0 radical (unpaired) electrons. The number of nitrogens with one attached hydrogen (secondary N) is 1. The smallest absolute Gasteiger partial charge is 0.220 e. The van der Waals surface area contributed by atoms with Crippen LogP contribution in [0.3, 0.4) is 0 Å². The van der Waals surface area contributed by atoms with Crippen molar-refractivity contribution in [3.63, 3.8) is 0 Å². The predicted octanol–water partition coefficient (Wildman–Crippen LogP) is 2.81. The number of oxazole rings is 1. The van der Waals surface area contributed by atoms with Crippen molar-refractivity contribution in [3.05, 3.63) is 36.4 Å². The van der Waals surface area contributed by atoms with Gasteiger partial charge in [0.2, 0.25) is 5.91 Å². The van der Waals surface area contributed by atoms with Crippen molar-refractivity contribution in [1.82, 2.24) is 10.3 Å². The normalized spacial score (nSPS) is 10.7. The van der Waals surface area contributed by atoms with Gasteiger partial charge in [0.05, 0.1) is 13.3 Å². The molecule has 0 fully saturated rings. The monoisotopic (exact) mass is 288 g/mol. The van der Waals surface area contributed by atoms with Gasteiger partial charge in [0.25, 0.3) is 0 Å². The minimum absolute atomic E-state index is 0.00568. The van der Waals surface area contributed by atoms with E-state index in [2.05, 4.69) is 10.3 Å². The highest BCUT2D eigenvalue weighted by molar-refractivity contribution is 5.76. The molecule has 2 aromatic rings. The van der Waals surface area contributed by atoms with E-state index in [4.69, 9.17) is 9.15 Å². The van der Waals surface area contributed by atoms with Crippen LogP contribution < -0.4 is 10.1 Å². The van der Waals surface area contributed by atoms with E-state index in [0.29, 0.717) is 24.5 Å². The van der Waals surface area contributed by atoms with Crippen molar-refractivity contribution >= 4 is 5.91 Å². The Hall–Kier alpha value is -2.30. The van der Waals surface area contributed by atoms with Crippen LogP contribution >= 0.6 is 0 Å². The first-order chi connectivity index (χ1) is 10.1. The number of hydrogen-bond donors (Lipinski definition) is 1. The van der Waals surface area contributed by atoms with E-state index in [9.17, 15) is 4.79 Å². The fourth-order valence-corrected chi connectivity index (χ4v) is 1.95. The van der Waals surface area contributed by atoms with Gasteiger partial charge in [-0.3, -0.25) is 4.79 Å². The number of amides is 1. The first kappa shape index (κ1) is 15.1. The third-order valence-corrected chi connectivity index (χ3v) is 2.92. The van der Waals surface area contributed by atoms with Crippen LogP contribution in [-0.2, 0) is 11.2 Å². The lowest BCUT2D eigenvalue weighted by Crippen LogP contribution is -2.30. The molecule has 0 unspecified atom stereocenters. The van der Waals surface area contributed by atoms with Crippen LogP contribution in [0.25, 0.3) is 11.3 Å². The lowest BCUT2D eigenvalue weighted by atomic mass is 10.2. The molecule has 2 rings (SSSR count). The van der Waals surface area contributed by atoms with Crippen LogP contribution in [0.1, 0.15) is 26.2 Å². The second-order valence-corrected chi connectivity index (χ2v) is 5.07. The number of aryl methyl sites for hydroxylation is 1. The Morgan fingerprint density at radius 3 is 2.95 bits per heavy atom. The first-order valence-electron chi connectivity index (χ1n) is 6.97. The lowest BCUT2D eigenvalue weighted by Gasteiger charge is -2.06. The van der Waals surface area contributed by atoms with Gasteiger partial charge in [-0.15, -0.1) is 0 Å². The van der Waals surface area contributed by atoms with E-state index in [-0.39, 0.29) is 11.9 Å². The third-order valence-electron chi connectivity index (χ3n) is 2.92. The average molecular weight is 288 g/mol. The number of aromatic nitrogens is 1. The summed E-state index contributed by atoms with van der Waals surface area (Å²) in [6.45, 7) is 3.87. The van der Waals surface area contributed by atoms with Crippen LogP contribution in [0.2, 0.25) is 0 Å².